The lowest BCUT2D eigenvalue weighted by Crippen LogP contribution is -2.37. The van der Waals surface area contributed by atoms with Crippen molar-refractivity contribution in [3.05, 3.63) is 36.2 Å². The number of benzene rings is 1. The van der Waals surface area contributed by atoms with Crippen LogP contribution in [0, 0.1) is 0 Å². The van der Waals surface area contributed by atoms with Crippen LogP contribution in [-0.4, -0.2) is 40.2 Å². The molecule has 6 heteroatoms. The van der Waals surface area contributed by atoms with Gasteiger partial charge in [0, 0.05) is 24.1 Å². The molecule has 0 spiro atoms. The van der Waals surface area contributed by atoms with Gasteiger partial charge >= 0.3 is 5.97 Å². The molecule has 0 aliphatic carbocycles. The van der Waals surface area contributed by atoms with E-state index in [2.05, 4.69) is 9.97 Å². The third-order valence-corrected chi connectivity index (χ3v) is 4.48. The fourth-order valence-electron chi connectivity index (χ4n) is 3.44. The topological polar surface area (TPSA) is 75.5 Å². The lowest BCUT2D eigenvalue weighted by atomic mass is 10.0. The number of ether oxygens (including phenoxy) is 1. The fourth-order valence-corrected chi connectivity index (χ4v) is 3.44. The molecule has 3 heterocycles. The molecular weight excluding hydrogens is 294 g/mol. The van der Waals surface area contributed by atoms with Gasteiger partial charge in [-0.2, -0.15) is 0 Å². The van der Waals surface area contributed by atoms with Crippen LogP contribution in [-0.2, 0) is 11.2 Å². The molecule has 118 valence electrons. The van der Waals surface area contributed by atoms with Gasteiger partial charge in [-0.15, -0.1) is 0 Å². The number of aliphatic carboxylic acids is 1. The minimum Gasteiger partial charge on any atom is -0.493 e. The molecule has 1 aromatic heterocycles. The van der Waals surface area contributed by atoms with Crippen molar-refractivity contribution in [2.24, 2.45) is 0 Å². The van der Waals surface area contributed by atoms with Crippen LogP contribution in [0.25, 0.3) is 11.3 Å². The summed E-state index contributed by atoms with van der Waals surface area (Å²) < 4.78 is 5.82. The molecule has 1 N–H and O–H groups in total. The molecule has 1 atom stereocenters. The van der Waals surface area contributed by atoms with Gasteiger partial charge in [0.2, 0.25) is 0 Å². The van der Waals surface area contributed by atoms with Gasteiger partial charge in [0.25, 0.3) is 0 Å². The lowest BCUT2D eigenvalue weighted by molar-refractivity contribution is -0.138. The minimum atomic E-state index is -0.792. The predicted molar refractivity (Wildman–Crippen MR) is 84.7 cm³/mol. The molecule has 0 radical (unpaired) electrons. The van der Waals surface area contributed by atoms with E-state index in [1.165, 1.54) is 6.33 Å². The Balaban J connectivity index is 1.85. The number of hydrogen-bond acceptors (Lipinski definition) is 5. The van der Waals surface area contributed by atoms with Gasteiger partial charge in [0.05, 0.1) is 12.3 Å². The number of carboxylic acid groups (broad SMARTS) is 1. The summed E-state index contributed by atoms with van der Waals surface area (Å²) in [4.78, 5) is 22.3. The number of carboxylic acids is 1. The first-order valence-corrected chi connectivity index (χ1v) is 7.81. The van der Waals surface area contributed by atoms with Crippen LogP contribution in [0.4, 0.5) is 5.82 Å². The van der Waals surface area contributed by atoms with Crippen LogP contribution in [0.15, 0.2) is 30.6 Å². The average Bonchev–Trinajstić information content (AvgIpc) is 2.97. The number of aromatic nitrogens is 2. The van der Waals surface area contributed by atoms with E-state index in [1.807, 2.05) is 29.2 Å². The first-order chi connectivity index (χ1) is 11.3. The number of anilines is 1. The quantitative estimate of drug-likeness (QED) is 0.915. The highest BCUT2D eigenvalue weighted by atomic mass is 16.5. The van der Waals surface area contributed by atoms with Gasteiger partial charge in [0.15, 0.2) is 0 Å². The summed E-state index contributed by atoms with van der Waals surface area (Å²) >= 11 is 0. The van der Waals surface area contributed by atoms with Crippen LogP contribution in [0.3, 0.4) is 0 Å². The number of nitrogens with zero attached hydrogens (tertiary/aromatic N) is 3. The second-order valence-corrected chi connectivity index (χ2v) is 5.81. The molecule has 6 nitrogen and oxygen atoms in total. The summed E-state index contributed by atoms with van der Waals surface area (Å²) in [5, 5.41) is 9.45. The van der Waals surface area contributed by atoms with E-state index in [0.29, 0.717) is 26.0 Å². The summed E-state index contributed by atoms with van der Waals surface area (Å²) in [6.07, 6.45) is 3.71. The Kier molecular flexibility index (Phi) is 3.37. The van der Waals surface area contributed by atoms with Crippen molar-refractivity contribution >= 4 is 11.8 Å². The second-order valence-electron chi connectivity index (χ2n) is 5.81. The zero-order valence-electron chi connectivity index (χ0n) is 12.6. The highest BCUT2D eigenvalue weighted by Gasteiger charge is 2.34. The molecule has 4 rings (SSSR count). The lowest BCUT2D eigenvalue weighted by Gasteiger charge is -2.25. The van der Waals surface area contributed by atoms with E-state index in [4.69, 9.17) is 4.74 Å². The highest BCUT2D eigenvalue weighted by Crippen LogP contribution is 2.38. The Morgan fingerprint density at radius 2 is 2.17 bits per heavy atom. The summed E-state index contributed by atoms with van der Waals surface area (Å²) in [5.41, 5.74) is 2.76. The SMILES string of the molecule is O=C(O)C1CCCN1c1ncnc2c1CCOc1ccccc1-2. The molecule has 2 aliphatic rings. The number of carbonyl (C=O) groups is 1. The molecule has 0 bridgehead atoms. The standard InChI is InChI=1S/C17H17N3O3/c21-17(22)13-5-3-8-20(13)16-12-7-9-23-14-6-2-1-4-11(14)15(12)18-10-19-16/h1-2,4,6,10,13H,3,5,7-9H2,(H,21,22). The van der Waals surface area contributed by atoms with Gasteiger partial charge in [-0.3, -0.25) is 0 Å². The Labute approximate surface area is 133 Å². The molecule has 2 aliphatic heterocycles. The van der Waals surface area contributed by atoms with Crippen LogP contribution >= 0.6 is 0 Å². The number of hydrogen-bond donors (Lipinski definition) is 1. The maximum absolute atomic E-state index is 11.5. The van der Waals surface area contributed by atoms with Crippen LogP contribution in [0.5, 0.6) is 5.75 Å². The van der Waals surface area contributed by atoms with Crippen LogP contribution < -0.4 is 9.64 Å². The first kappa shape index (κ1) is 14.0. The highest BCUT2D eigenvalue weighted by molar-refractivity contribution is 5.81. The van der Waals surface area contributed by atoms with E-state index >= 15 is 0 Å². The molecule has 1 fully saturated rings. The van der Waals surface area contributed by atoms with Crippen LogP contribution in [0.1, 0.15) is 18.4 Å². The average molecular weight is 311 g/mol. The van der Waals surface area contributed by atoms with Crippen molar-refractivity contribution in [3.63, 3.8) is 0 Å². The van der Waals surface area contributed by atoms with Crippen molar-refractivity contribution in [3.8, 4) is 17.0 Å². The zero-order chi connectivity index (χ0) is 15.8. The van der Waals surface area contributed by atoms with E-state index in [0.717, 1.165) is 34.8 Å². The normalized spacial score (nSPS) is 19.5. The number of rotatable bonds is 2. The molecule has 23 heavy (non-hydrogen) atoms. The monoisotopic (exact) mass is 311 g/mol. The second kappa shape index (κ2) is 5.53. The third-order valence-electron chi connectivity index (χ3n) is 4.48. The summed E-state index contributed by atoms with van der Waals surface area (Å²) in [6.45, 7) is 1.25. The number of fused-ring (bicyclic) bond motifs is 3. The van der Waals surface area contributed by atoms with Crippen molar-refractivity contribution in [1.82, 2.24) is 9.97 Å². The maximum Gasteiger partial charge on any atom is 0.326 e. The van der Waals surface area contributed by atoms with Gasteiger partial charge in [0.1, 0.15) is 23.9 Å². The van der Waals surface area contributed by atoms with Crippen molar-refractivity contribution in [1.29, 1.82) is 0 Å². The summed E-state index contributed by atoms with van der Waals surface area (Å²) in [5.74, 6) is 0.757. The van der Waals surface area contributed by atoms with Crippen molar-refractivity contribution in [2.45, 2.75) is 25.3 Å². The Morgan fingerprint density at radius 3 is 3.04 bits per heavy atom. The fraction of sp³-hybridized carbons (Fsp3) is 0.353. The van der Waals surface area contributed by atoms with E-state index < -0.39 is 12.0 Å². The Hall–Kier alpha value is -2.63. The first-order valence-electron chi connectivity index (χ1n) is 7.81. The molecular formula is C17H17N3O3. The molecule has 0 amide bonds. The molecule has 1 unspecified atom stereocenters. The van der Waals surface area contributed by atoms with Crippen LogP contribution in [0.2, 0.25) is 0 Å². The minimum absolute atomic E-state index is 0.506. The third kappa shape index (κ3) is 2.30. The molecule has 0 saturated carbocycles. The summed E-state index contributed by atoms with van der Waals surface area (Å²) in [6, 6.07) is 7.30. The summed E-state index contributed by atoms with van der Waals surface area (Å²) in [7, 11) is 0. The van der Waals surface area contributed by atoms with Crippen molar-refractivity contribution < 1.29 is 14.6 Å². The van der Waals surface area contributed by atoms with Gasteiger partial charge < -0.3 is 14.7 Å². The number of para-hydroxylation sites is 1. The van der Waals surface area contributed by atoms with E-state index in [9.17, 15) is 9.90 Å². The zero-order valence-corrected chi connectivity index (χ0v) is 12.6. The molecule has 1 aromatic carbocycles. The Bertz CT molecular complexity index is 762. The predicted octanol–water partition coefficient (Wildman–Crippen LogP) is 2.13. The largest absolute Gasteiger partial charge is 0.493 e. The van der Waals surface area contributed by atoms with Gasteiger partial charge in [-0.1, -0.05) is 12.1 Å². The maximum atomic E-state index is 11.5. The van der Waals surface area contributed by atoms with E-state index in [1.54, 1.807) is 0 Å². The molecule has 1 saturated heterocycles. The smallest absolute Gasteiger partial charge is 0.326 e. The van der Waals surface area contributed by atoms with Gasteiger partial charge in [-0.05, 0) is 25.0 Å². The molecule has 2 aromatic rings. The van der Waals surface area contributed by atoms with Gasteiger partial charge in [-0.25, -0.2) is 14.8 Å². The van der Waals surface area contributed by atoms with E-state index in [-0.39, 0.29) is 0 Å². The van der Waals surface area contributed by atoms with Crippen molar-refractivity contribution in [2.75, 3.05) is 18.1 Å². The Morgan fingerprint density at radius 1 is 1.30 bits per heavy atom.